The van der Waals surface area contributed by atoms with E-state index >= 15 is 0 Å². The van der Waals surface area contributed by atoms with E-state index in [0.29, 0.717) is 29.8 Å². The number of alkyl carbamates (subject to hydrolysis) is 1. The first kappa shape index (κ1) is 33.4. The third kappa shape index (κ3) is 11.8. The Hall–Kier alpha value is -2.66. The number of benzene rings is 1. The van der Waals surface area contributed by atoms with Crippen LogP contribution in [0.2, 0.25) is 0 Å². The molecule has 0 aliphatic rings. The number of nitrogens with one attached hydrogen (secondary N) is 2. The van der Waals surface area contributed by atoms with E-state index in [1.165, 1.54) is 0 Å². The molecule has 0 saturated heterocycles. The van der Waals surface area contributed by atoms with Crippen LogP contribution in [0.15, 0.2) is 24.3 Å². The van der Waals surface area contributed by atoms with Crippen molar-refractivity contribution in [1.82, 2.24) is 15.5 Å². The van der Waals surface area contributed by atoms with E-state index in [0.717, 1.165) is 25.7 Å². The molecule has 0 heterocycles. The van der Waals surface area contributed by atoms with Crippen LogP contribution < -0.4 is 10.6 Å². The molecule has 0 radical (unpaired) electrons. The SMILES string of the molecule is C#Cc1ccccc1C(C(=O)NC(C)(C)C)N(CCCCCC)C(=O)C(CCSC)NC(=O)OC(C)(C)C. The smallest absolute Gasteiger partial charge is 0.408 e. The average Bonchev–Trinajstić information content (AvgIpc) is 2.81. The summed E-state index contributed by atoms with van der Waals surface area (Å²) in [5.41, 5.74) is -0.0995. The van der Waals surface area contributed by atoms with Crippen molar-refractivity contribution < 1.29 is 19.1 Å². The van der Waals surface area contributed by atoms with Gasteiger partial charge < -0.3 is 20.3 Å². The summed E-state index contributed by atoms with van der Waals surface area (Å²) in [5, 5.41) is 5.82. The Kier molecular flexibility index (Phi) is 13.8. The van der Waals surface area contributed by atoms with Crippen LogP contribution in [0.1, 0.15) is 97.7 Å². The first-order valence-electron chi connectivity index (χ1n) is 13.4. The molecule has 0 aliphatic heterocycles. The van der Waals surface area contributed by atoms with Gasteiger partial charge in [0.25, 0.3) is 0 Å². The second kappa shape index (κ2) is 15.7. The number of ether oxygens (including phenoxy) is 1. The molecule has 38 heavy (non-hydrogen) atoms. The standard InChI is InChI=1S/C30H47N3O4S/c1-10-12-13-16-20-33(27(35)24(19-21-38-9)31-28(36)37-30(6,7)8)25(26(34)32-29(3,4)5)23-18-15-14-17-22(23)11-2/h2,14-15,17-18,24-25H,10,12-13,16,19-21H2,1,3-9H3,(H,31,36)(H,32,34). The Bertz CT molecular complexity index is 959. The van der Waals surface area contributed by atoms with Gasteiger partial charge in [-0.1, -0.05) is 50.3 Å². The van der Waals surface area contributed by atoms with Crippen molar-refractivity contribution in [3.63, 3.8) is 0 Å². The molecular formula is C30H47N3O4S. The van der Waals surface area contributed by atoms with E-state index in [1.54, 1.807) is 49.6 Å². The van der Waals surface area contributed by atoms with Gasteiger partial charge in [-0.15, -0.1) is 6.42 Å². The van der Waals surface area contributed by atoms with Gasteiger partial charge in [0.05, 0.1) is 0 Å². The van der Waals surface area contributed by atoms with Crippen LogP contribution in [0.5, 0.6) is 0 Å². The van der Waals surface area contributed by atoms with E-state index in [-0.39, 0.29) is 11.8 Å². The van der Waals surface area contributed by atoms with E-state index in [1.807, 2.05) is 39.2 Å². The van der Waals surface area contributed by atoms with Crippen molar-refractivity contribution in [2.75, 3.05) is 18.6 Å². The van der Waals surface area contributed by atoms with Crippen LogP contribution in [-0.2, 0) is 14.3 Å². The minimum Gasteiger partial charge on any atom is -0.444 e. The number of nitrogens with zero attached hydrogens (tertiary/aromatic N) is 1. The fraction of sp³-hybridized carbons (Fsp3) is 0.633. The van der Waals surface area contributed by atoms with Crippen LogP contribution in [0, 0.1) is 12.3 Å². The third-order valence-corrected chi connectivity index (χ3v) is 6.25. The number of amides is 3. The maximum absolute atomic E-state index is 14.2. The molecule has 0 fully saturated rings. The molecule has 0 spiro atoms. The maximum Gasteiger partial charge on any atom is 0.408 e. The summed E-state index contributed by atoms with van der Waals surface area (Å²) in [6, 6.07) is 5.40. The zero-order valence-electron chi connectivity index (χ0n) is 24.5. The van der Waals surface area contributed by atoms with Gasteiger partial charge in [-0.3, -0.25) is 9.59 Å². The minimum absolute atomic E-state index is 0.315. The first-order valence-corrected chi connectivity index (χ1v) is 14.8. The summed E-state index contributed by atoms with van der Waals surface area (Å²) in [6.07, 6.45) is 11.2. The highest BCUT2D eigenvalue weighted by atomic mass is 32.2. The van der Waals surface area contributed by atoms with Crippen LogP contribution in [0.3, 0.4) is 0 Å². The topological polar surface area (TPSA) is 87.7 Å². The van der Waals surface area contributed by atoms with Gasteiger partial charge in [-0.05, 0) is 78.0 Å². The average molecular weight is 546 g/mol. The van der Waals surface area contributed by atoms with Gasteiger partial charge in [0.2, 0.25) is 11.8 Å². The van der Waals surface area contributed by atoms with Crippen molar-refractivity contribution >= 4 is 29.7 Å². The molecule has 1 aromatic carbocycles. The van der Waals surface area contributed by atoms with Gasteiger partial charge in [-0.2, -0.15) is 11.8 Å². The van der Waals surface area contributed by atoms with E-state index in [2.05, 4.69) is 23.5 Å². The predicted octanol–water partition coefficient (Wildman–Crippen LogP) is 5.68. The minimum atomic E-state index is -0.951. The second-order valence-corrected chi connectivity index (χ2v) is 12.4. The maximum atomic E-state index is 14.2. The van der Waals surface area contributed by atoms with E-state index in [4.69, 9.17) is 11.2 Å². The number of rotatable bonds is 13. The molecule has 0 aliphatic carbocycles. The molecule has 0 aromatic heterocycles. The van der Waals surface area contributed by atoms with Gasteiger partial charge in [0, 0.05) is 17.6 Å². The third-order valence-electron chi connectivity index (χ3n) is 5.60. The summed E-state index contributed by atoms with van der Waals surface area (Å²) in [4.78, 5) is 42.3. The number of carbonyl (C=O) groups excluding carboxylic acids is 3. The van der Waals surface area contributed by atoms with E-state index < -0.39 is 29.3 Å². The number of unbranched alkanes of at least 4 members (excludes halogenated alkanes) is 3. The molecule has 3 amide bonds. The lowest BCUT2D eigenvalue weighted by Gasteiger charge is -2.36. The number of terminal acetylenes is 1. The fourth-order valence-corrected chi connectivity index (χ4v) is 4.45. The largest absolute Gasteiger partial charge is 0.444 e. The normalized spacial score (nSPS) is 13.1. The molecule has 1 rings (SSSR count). The number of hydrogen-bond acceptors (Lipinski definition) is 5. The van der Waals surface area contributed by atoms with Crippen molar-refractivity contribution in [3.8, 4) is 12.3 Å². The van der Waals surface area contributed by atoms with Gasteiger partial charge in [0.1, 0.15) is 17.7 Å². The summed E-state index contributed by atoms with van der Waals surface area (Å²) in [6.45, 7) is 13.5. The molecule has 2 N–H and O–H groups in total. The first-order chi connectivity index (χ1) is 17.7. The van der Waals surface area contributed by atoms with Crippen LogP contribution in [0.4, 0.5) is 4.79 Å². The molecule has 1 aromatic rings. The van der Waals surface area contributed by atoms with E-state index in [9.17, 15) is 14.4 Å². The molecular weight excluding hydrogens is 498 g/mol. The molecule has 212 valence electrons. The van der Waals surface area contributed by atoms with Gasteiger partial charge in [-0.25, -0.2) is 4.79 Å². The number of thioether (sulfide) groups is 1. The monoisotopic (exact) mass is 545 g/mol. The Labute approximate surface area is 234 Å². The highest BCUT2D eigenvalue weighted by molar-refractivity contribution is 7.98. The zero-order valence-corrected chi connectivity index (χ0v) is 25.3. The van der Waals surface area contributed by atoms with Crippen molar-refractivity contribution in [2.24, 2.45) is 0 Å². The fourth-order valence-electron chi connectivity index (χ4n) is 3.97. The van der Waals surface area contributed by atoms with Gasteiger partial charge in [0.15, 0.2) is 0 Å². The van der Waals surface area contributed by atoms with Crippen LogP contribution >= 0.6 is 11.8 Å². The molecule has 0 bridgehead atoms. The van der Waals surface area contributed by atoms with Crippen molar-refractivity contribution in [1.29, 1.82) is 0 Å². The Morgan fingerprint density at radius 2 is 1.74 bits per heavy atom. The summed E-state index contributed by atoms with van der Waals surface area (Å²) < 4.78 is 5.45. The second-order valence-electron chi connectivity index (χ2n) is 11.4. The lowest BCUT2D eigenvalue weighted by molar-refractivity contribution is -0.143. The molecule has 0 saturated carbocycles. The van der Waals surface area contributed by atoms with Gasteiger partial charge >= 0.3 is 6.09 Å². The molecule has 2 unspecified atom stereocenters. The lowest BCUT2D eigenvalue weighted by atomic mass is 9.96. The van der Waals surface area contributed by atoms with Crippen LogP contribution in [-0.4, -0.2) is 58.5 Å². The molecule has 2 atom stereocenters. The summed E-state index contributed by atoms with van der Waals surface area (Å²) in [7, 11) is 0. The Morgan fingerprint density at radius 3 is 2.29 bits per heavy atom. The highest BCUT2D eigenvalue weighted by Crippen LogP contribution is 2.27. The van der Waals surface area contributed by atoms with Crippen LogP contribution in [0.25, 0.3) is 0 Å². The number of hydrogen-bond donors (Lipinski definition) is 2. The predicted molar refractivity (Wildman–Crippen MR) is 157 cm³/mol. The van der Waals surface area contributed by atoms with Crippen molar-refractivity contribution in [2.45, 2.75) is 104 Å². The molecule has 7 nitrogen and oxygen atoms in total. The number of carbonyl (C=O) groups is 3. The molecule has 8 heteroatoms. The highest BCUT2D eigenvalue weighted by Gasteiger charge is 2.37. The summed E-state index contributed by atoms with van der Waals surface area (Å²) >= 11 is 1.58. The lowest BCUT2D eigenvalue weighted by Crippen LogP contribution is -2.55. The summed E-state index contributed by atoms with van der Waals surface area (Å²) in [5.74, 6) is 2.68. The quantitative estimate of drug-likeness (QED) is 0.246. The Morgan fingerprint density at radius 1 is 1.08 bits per heavy atom. The van der Waals surface area contributed by atoms with Crippen molar-refractivity contribution in [3.05, 3.63) is 35.4 Å². The Balaban J connectivity index is 3.58. The zero-order chi connectivity index (χ0) is 28.9.